The van der Waals surface area contributed by atoms with Crippen LogP contribution >= 0.6 is 11.6 Å². The molecule has 2 aliphatic rings. The fourth-order valence-electron chi connectivity index (χ4n) is 4.17. The third-order valence-electron chi connectivity index (χ3n) is 5.80. The van der Waals surface area contributed by atoms with Gasteiger partial charge in [-0.15, -0.1) is 0 Å². The molecular weight excluding hydrogens is 392 g/mol. The predicted octanol–water partition coefficient (Wildman–Crippen LogP) is -0.639. The lowest BCUT2D eigenvalue weighted by Gasteiger charge is -2.32. The molecule has 1 aromatic carbocycles. The molecular formula is C21H33ClN4O3+2. The molecule has 2 saturated heterocycles. The molecule has 0 unspecified atom stereocenters. The number of nitrogens with zero attached hydrogens (tertiary/aromatic N) is 1. The van der Waals surface area contributed by atoms with Crippen molar-refractivity contribution in [1.82, 2.24) is 10.2 Å². The van der Waals surface area contributed by atoms with Gasteiger partial charge in [0.15, 0.2) is 6.54 Å². The fourth-order valence-corrected chi connectivity index (χ4v) is 4.39. The largest absolute Gasteiger partial charge is 0.450 e. The highest BCUT2D eigenvalue weighted by Crippen LogP contribution is 2.11. The maximum Gasteiger partial charge on any atom is 0.409 e. The molecule has 3 N–H and O–H groups in total. The van der Waals surface area contributed by atoms with Crippen molar-refractivity contribution >= 4 is 23.6 Å². The van der Waals surface area contributed by atoms with Gasteiger partial charge in [0, 0.05) is 29.7 Å². The highest BCUT2D eigenvalue weighted by atomic mass is 35.5. The number of piperazine rings is 1. The van der Waals surface area contributed by atoms with E-state index in [0.717, 1.165) is 50.6 Å². The number of piperidine rings is 1. The van der Waals surface area contributed by atoms with Gasteiger partial charge in [-0.2, -0.15) is 0 Å². The monoisotopic (exact) mass is 424 g/mol. The number of quaternary nitrogens is 2. The van der Waals surface area contributed by atoms with Gasteiger partial charge in [-0.3, -0.25) is 4.79 Å². The van der Waals surface area contributed by atoms with E-state index in [1.165, 1.54) is 10.5 Å². The number of nitrogens with one attached hydrogen (secondary N) is 3. The minimum absolute atomic E-state index is 0.118. The Kier molecular flexibility index (Phi) is 8.15. The molecule has 0 bridgehead atoms. The van der Waals surface area contributed by atoms with Crippen molar-refractivity contribution in [1.29, 1.82) is 0 Å². The summed E-state index contributed by atoms with van der Waals surface area (Å²) in [6.07, 6.45) is 1.33. The highest BCUT2D eigenvalue weighted by molar-refractivity contribution is 6.30. The Morgan fingerprint density at radius 2 is 1.86 bits per heavy atom. The van der Waals surface area contributed by atoms with Crippen LogP contribution in [0, 0.1) is 0 Å². The van der Waals surface area contributed by atoms with Crippen molar-refractivity contribution in [2.24, 2.45) is 0 Å². The molecule has 0 saturated carbocycles. The van der Waals surface area contributed by atoms with E-state index in [-0.39, 0.29) is 18.0 Å². The van der Waals surface area contributed by atoms with Gasteiger partial charge in [-0.1, -0.05) is 23.7 Å². The van der Waals surface area contributed by atoms with Crippen molar-refractivity contribution < 1.29 is 24.1 Å². The predicted molar refractivity (Wildman–Crippen MR) is 111 cm³/mol. The van der Waals surface area contributed by atoms with E-state index in [2.05, 4.69) is 11.4 Å². The topological polar surface area (TPSA) is 67.5 Å². The molecule has 29 heavy (non-hydrogen) atoms. The normalized spacial score (nSPS) is 22.9. The number of likely N-dealkylation sites (tertiary alicyclic amines) is 1. The molecule has 2 fully saturated rings. The summed E-state index contributed by atoms with van der Waals surface area (Å²) in [7, 11) is 0. The zero-order valence-corrected chi connectivity index (χ0v) is 18.0. The average molecular weight is 425 g/mol. The first-order valence-electron chi connectivity index (χ1n) is 10.7. The number of hydrogen-bond donors (Lipinski definition) is 3. The number of hydrogen-bond acceptors (Lipinski definition) is 3. The van der Waals surface area contributed by atoms with E-state index in [1.54, 1.807) is 9.80 Å². The minimum Gasteiger partial charge on any atom is -0.450 e. The summed E-state index contributed by atoms with van der Waals surface area (Å²) in [4.78, 5) is 28.8. The van der Waals surface area contributed by atoms with E-state index in [9.17, 15) is 9.59 Å². The van der Waals surface area contributed by atoms with Crippen molar-refractivity contribution in [2.75, 3.05) is 52.4 Å². The van der Waals surface area contributed by atoms with Gasteiger partial charge in [0.05, 0.1) is 6.61 Å². The summed E-state index contributed by atoms with van der Waals surface area (Å²) in [5.74, 6) is 0.118. The zero-order valence-electron chi connectivity index (χ0n) is 17.2. The van der Waals surface area contributed by atoms with E-state index in [1.807, 2.05) is 25.1 Å². The SMILES string of the molecule is CCOC(=O)N1CCC(NC(=O)C[NH+]2CC[NH+](Cc3cccc(Cl)c3)CC2)CC1. The second-order valence-corrected chi connectivity index (χ2v) is 8.45. The van der Waals surface area contributed by atoms with Crippen LogP contribution in [0.15, 0.2) is 24.3 Å². The molecule has 7 nitrogen and oxygen atoms in total. The van der Waals surface area contributed by atoms with Crippen LogP contribution < -0.4 is 15.1 Å². The van der Waals surface area contributed by atoms with Crippen LogP contribution in [0.5, 0.6) is 0 Å². The van der Waals surface area contributed by atoms with Gasteiger partial charge in [0.1, 0.15) is 32.7 Å². The molecule has 160 valence electrons. The molecule has 0 radical (unpaired) electrons. The van der Waals surface area contributed by atoms with Gasteiger partial charge >= 0.3 is 6.09 Å². The molecule has 0 aliphatic carbocycles. The highest BCUT2D eigenvalue weighted by Gasteiger charge is 2.28. The van der Waals surface area contributed by atoms with Gasteiger partial charge in [-0.25, -0.2) is 4.79 Å². The van der Waals surface area contributed by atoms with Crippen LogP contribution in [0.1, 0.15) is 25.3 Å². The zero-order chi connectivity index (χ0) is 20.6. The molecule has 0 spiro atoms. The number of amides is 2. The fraction of sp³-hybridized carbons (Fsp3) is 0.619. The Hall–Kier alpha value is -1.83. The second-order valence-electron chi connectivity index (χ2n) is 8.01. The Morgan fingerprint density at radius 1 is 1.17 bits per heavy atom. The quantitative estimate of drug-likeness (QED) is 0.569. The first kappa shape index (κ1) is 21.9. The number of ether oxygens (including phenoxy) is 1. The maximum atomic E-state index is 12.4. The van der Waals surface area contributed by atoms with Crippen LogP contribution in [0.2, 0.25) is 5.02 Å². The Morgan fingerprint density at radius 3 is 2.52 bits per heavy atom. The third-order valence-corrected chi connectivity index (χ3v) is 6.04. The van der Waals surface area contributed by atoms with Crippen LogP contribution in [0.3, 0.4) is 0 Å². The molecule has 3 rings (SSSR count). The van der Waals surface area contributed by atoms with Crippen LogP contribution in [-0.4, -0.2) is 75.4 Å². The number of halogens is 1. The summed E-state index contributed by atoms with van der Waals surface area (Å²) < 4.78 is 5.04. The second kappa shape index (κ2) is 10.8. The minimum atomic E-state index is -0.250. The summed E-state index contributed by atoms with van der Waals surface area (Å²) in [5, 5.41) is 3.94. The molecule has 2 aliphatic heterocycles. The molecule has 0 atom stereocenters. The first-order chi connectivity index (χ1) is 14.0. The average Bonchev–Trinajstić information content (AvgIpc) is 2.70. The van der Waals surface area contributed by atoms with Crippen molar-refractivity contribution in [3.63, 3.8) is 0 Å². The van der Waals surface area contributed by atoms with Crippen LogP contribution in [0.25, 0.3) is 0 Å². The maximum absolute atomic E-state index is 12.4. The Balaban J connectivity index is 1.33. The van der Waals surface area contributed by atoms with Gasteiger partial charge in [0.25, 0.3) is 5.91 Å². The van der Waals surface area contributed by atoms with Crippen molar-refractivity contribution in [3.8, 4) is 0 Å². The number of carbonyl (C=O) groups excluding carboxylic acids is 2. The third kappa shape index (κ3) is 6.87. The number of benzene rings is 1. The standard InChI is InChI=1S/C21H31ClN4O3/c1-2-29-21(28)26-8-6-19(7-9-26)23-20(27)16-25-12-10-24(11-13-25)15-17-4-3-5-18(22)14-17/h3-5,14,19H,2,6-13,15-16H2,1H3,(H,23,27)/p+2. The van der Waals surface area contributed by atoms with Gasteiger partial charge in [-0.05, 0) is 31.9 Å². The summed E-state index contributed by atoms with van der Waals surface area (Å²) in [6, 6.07) is 8.22. The summed E-state index contributed by atoms with van der Waals surface area (Å²) >= 11 is 6.08. The van der Waals surface area contributed by atoms with E-state index in [0.29, 0.717) is 26.2 Å². The lowest BCUT2D eigenvalue weighted by atomic mass is 10.1. The smallest absolute Gasteiger partial charge is 0.409 e. The van der Waals surface area contributed by atoms with Gasteiger partial charge < -0.3 is 24.8 Å². The number of rotatable bonds is 6. The van der Waals surface area contributed by atoms with Crippen LogP contribution in [0.4, 0.5) is 4.79 Å². The molecule has 1 aromatic rings. The lowest BCUT2D eigenvalue weighted by Crippen LogP contribution is -3.28. The van der Waals surface area contributed by atoms with Crippen molar-refractivity contribution in [2.45, 2.75) is 32.4 Å². The van der Waals surface area contributed by atoms with Crippen LogP contribution in [-0.2, 0) is 16.1 Å². The van der Waals surface area contributed by atoms with Gasteiger partial charge in [0.2, 0.25) is 0 Å². The molecule has 2 heterocycles. The van der Waals surface area contributed by atoms with Crippen molar-refractivity contribution in [3.05, 3.63) is 34.9 Å². The first-order valence-corrected chi connectivity index (χ1v) is 11.0. The van der Waals surface area contributed by atoms with E-state index in [4.69, 9.17) is 16.3 Å². The number of carbonyl (C=O) groups is 2. The molecule has 8 heteroatoms. The Bertz CT molecular complexity index is 686. The summed E-state index contributed by atoms with van der Waals surface area (Å²) in [6.45, 7) is 9.14. The molecule has 2 amide bonds. The van der Waals surface area contributed by atoms with E-state index >= 15 is 0 Å². The molecule has 0 aromatic heterocycles. The van der Waals surface area contributed by atoms with E-state index < -0.39 is 0 Å². The Labute approximate surface area is 177 Å². The summed E-state index contributed by atoms with van der Waals surface area (Å²) in [5.41, 5.74) is 1.27. The lowest BCUT2D eigenvalue weighted by molar-refractivity contribution is -1.02.